The summed E-state index contributed by atoms with van der Waals surface area (Å²) < 4.78 is 2.09. The zero-order valence-electron chi connectivity index (χ0n) is 9.26. The average molecular weight is 216 g/mol. The summed E-state index contributed by atoms with van der Waals surface area (Å²) in [7, 11) is 0. The van der Waals surface area contributed by atoms with Crippen LogP contribution < -0.4 is 5.73 Å². The lowest BCUT2D eigenvalue weighted by atomic mass is 10.2. The summed E-state index contributed by atoms with van der Waals surface area (Å²) in [6.45, 7) is 0.562. The van der Waals surface area contributed by atoms with Crippen LogP contribution in [0.1, 0.15) is 37.3 Å². The Labute approximate surface area is 94.4 Å². The normalized spacial score (nSPS) is 17.3. The molecule has 2 N–H and O–H groups in total. The summed E-state index contributed by atoms with van der Waals surface area (Å²) in [5.74, 6) is 0. The van der Waals surface area contributed by atoms with Crippen LogP contribution in [-0.2, 0) is 6.54 Å². The second kappa shape index (κ2) is 3.87. The Hall–Kier alpha value is -1.42. The van der Waals surface area contributed by atoms with Gasteiger partial charge in [0.05, 0.1) is 11.6 Å². The van der Waals surface area contributed by atoms with Gasteiger partial charge in [0.15, 0.2) is 0 Å². The third-order valence-electron chi connectivity index (χ3n) is 3.44. The Morgan fingerprint density at radius 2 is 2.12 bits per heavy atom. The topological polar surface area (TPSA) is 56.7 Å². The fourth-order valence-corrected chi connectivity index (χ4v) is 2.53. The molecule has 4 heteroatoms. The summed E-state index contributed by atoms with van der Waals surface area (Å²) in [4.78, 5) is 0. The maximum Gasteiger partial charge on any atom is 0.113 e. The predicted octanol–water partition coefficient (Wildman–Crippen LogP) is 2.01. The minimum Gasteiger partial charge on any atom is -0.326 e. The average Bonchev–Trinajstić information content (AvgIpc) is 2.96. The van der Waals surface area contributed by atoms with E-state index in [0.29, 0.717) is 12.6 Å². The number of nitrogens with zero attached hydrogens (tertiary/aromatic N) is 3. The van der Waals surface area contributed by atoms with Gasteiger partial charge in [-0.3, -0.25) is 0 Å². The van der Waals surface area contributed by atoms with Crippen molar-refractivity contribution in [3.63, 3.8) is 0 Å². The first-order valence-corrected chi connectivity index (χ1v) is 5.92. The van der Waals surface area contributed by atoms with Crippen LogP contribution in [0.4, 0.5) is 0 Å². The van der Waals surface area contributed by atoms with Crippen LogP contribution in [0.5, 0.6) is 0 Å². The molecular formula is C12H16N4. The summed E-state index contributed by atoms with van der Waals surface area (Å²) in [5, 5.41) is 8.51. The Morgan fingerprint density at radius 3 is 2.88 bits per heavy atom. The largest absolute Gasteiger partial charge is 0.326 e. The van der Waals surface area contributed by atoms with E-state index in [1.54, 1.807) is 0 Å². The first-order chi connectivity index (χ1) is 7.88. The van der Waals surface area contributed by atoms with Gasteiger partial charge in [-0.05, 0) is 30.5 Å². The standard InChI is InChI=1S/C12H16N4/c13-8-9-5-6-12-11(7-9)14-15-16(12)10-3-1-2-4-10/h5-7,10H,1-4,8,13H2. The molecule has 0 spiro atoms. The van der Waals surface area contributed by atoms with Crippen LogP contribution in [0, 0.1) is 0 Å². The number of fused-ring (bicyclic) bond motifs is 1. The molecule has 4 nitrogen and oxygen atoms in total. The van der Waals surface area contributed by atoms with Gasteiger partial charge < -0.3 is 5.73 Å². The van der Waals surface area contributed by atoms with Gasteiger partial charge in [-0.25, -0.2) is 4.68 Å². The van der Waals surface area contributed by atoms with Gasteiger partial charge in [-0.1, -0.05) is 24.1 Å². The van der Waals surface area contributed by atoms with Gasteiger partial charge >= 0.3 is 0 Å². The molecule has 1 fully saturated rings. The van der Waals surface area contributed by atoms with Crippen LogP contribution in [0.2, 0.25) is 0 Å². The van der Waals surface area contributed by atoms with Crippen molar-refractivity contribution in [2.75, 3.05) is 0 Å². The van der Waals surface area contributed by atoms with Crippen molar-refractivity contribution in [3.8, 4) is 0 Å². The Bertz CT molecular complexity index is 497. The van der Waals surface area contributed by atoms with E-state index in [0.717, 1.165) is 16.6 Å². The van der Waals surface area contributed by atoms with E-state index in [-0.39, 0.29) is 0 Å². The van der Waals surface area contributed by atoms with Crippen LogP contribution >= 0.6 is 0 Å². The Kier molecular flexibility index (Phi) is 2.36. The molecule has 2 aromatic rings. The number of rotatable bonds is 2. The lowest BCUT2D eigenvalue weighted by Gasteiger charge is -2.09. The van der Waals surface area contributed by atoms with E-state index in [9.17, 15) is 0 Å². The molecule has 1 saturated carbocycles. The van der Waals surface area contributed by atoms with Gasteiger partial charge in [0.1, 0.15) is 5.52 Å². The van der Waals surface area contributed by atoms with Crippen molar-refractivity contribution >= 4 is 11.0 Å². The third-order valence-corrected chi connectivity index (χ3v) is 3.44. The molecule has 1 aliphatic carbocycles. The highest BCUT2D eigenvalue weighted by molar-refractivity contribution is 5.75. The smallest absolute Gasteiger partial charge is 0.113 e. The Balaban J connectivity index is 2.06. The van der Waals surface area contributed by atoms with Crippen molar-refractivity contribution in [2.45, 2.75) is 38.3 Å². The molecule has 1 aromatic carbocycles. The first-order valence-electron chi connectivity index (χ1n) is 5.92. The molecule has 3 rings (SSSR count). The first kappa shape index (κ1) is 9.78. The fourth-order valence-electron chi connectivity index (χ4n) is 2.53. The van der Waals surface area contributed by atoms with Crippen LogP contribution in [0.15, 0.2) is 18.2 Å². The summed E-state index contributed by atoms with van der Waals surface area (Å²) >= 11 is 0. The van der Waals surface area contributed by atoms with E-state index in [1.165, 1.54) is 25.7 Å². The van der Waals surface area contributed by atoms with Crippen molar-refractivity contribution in [2.24, 2.45) is 5.73 Å². The number of hydrogen-bond acceptors (Lipinski definition) is 3. The lowest BCUT2D eigenvalue weighted by molar-refractivity contribution is 0.467. The molecule has 16 heavy (non-hydrogen) atoms. The van der Waals surface area contributed by atoms with Gasteiger partial charge in [-0.2, -0.15) is 0 Å². The molecule has 84 valence electrons. The molecule has 0 aliphatic heterocycles. The molecular weight excluding hydrogens is 200 g/mol. The van der Waals surface area contributed by atoms with Crippen molar-refractivity contribution in [1.29, 1.82) is 0 Å². The minimum absolute atomic E-state index is 0.550. The maximum atomic E-state index is 5.61. The van der Waals surface area contributed by atoms with E-state index < -0.39 is 0 Å². The molecule has 0 bridgehead atoms. The summed E-state index contributed by atoms with van der Waals surface area (Å²) in [5.41, 5.74) is 8.84. The SMILES string of the molecule is NCc1ccc2c(c1)nnn2C1CCCC1. The number of benzene rings is 1. The second-order valence-corrected chi connectivity index (χ2v) is 4.50. The lowest BCUT2D eigenvalue weighted by Crippen LogP contribution is -2.06. The van der Waals surface area contributed by atoms with E-state index in [4.69, 9.17) is 5.73 Å². The van der Waals surface area contributed by atoms with Crippen LogP contribution in [0.3, 0.4) is 0 Å². The molecule has 0 saturated heterocycles. The summed E-state index contributed by atoms with van der Waals surface area (Å²) in [6.07, 6.45) is 5.09. The molecule has 1 heterocycles. The Morgan fingerprint density at radius 1 is 1.31 bits per heavy atom. The highest BCUT2D eigenvalue weighted by Crippen LogP contribution is 2.30. The zero-order chi connectivity index (χ0) is 11.0. The molecule has 0 atom stereocenters. The quantitative estimate of drug-likeness (QED) is 0.835. The van der Waals surface area contributed by atoms with Crippen molar-refractivity contribution in [1.82, 2.24) is 15.0 Å². The molecule has 0 amide bonds. The van der Waals surface area contributed by atoms with E-state index >= 15 is 0 Å². The molecule has 1 aliphatic rings. The molecule has 0 radical (unpaired) electrons. The number of hydrogen-bond donors (Lipinski definition) is 1. The molecule has 1 aromatic heterocycles. The monoisotopic (exact) mass is 216 g/mol. The highest BCUT2D eigenvalue weighted by atomic mass is 15.4. The molecule has 0 unspecified atom stereocenters. The van der Waals surface area contributed by atoms with Crippen LogP contribution in [0.25, 0.3) is 11.0 Å². The van der Waals surface area contributed by atoms with Gasteiger partial charge in [-0.15, -0.1) is 5.10 Å². The van der Waals surface area contributed by atoms with E-state index in [1.807, 2.05) is 6.07 Å². The van der Waals surface area contributed by atoms with Gasteiger partial charge in [0, 0.05) is 6.54 Å². The van der Waals surface area contributed by atoms with Gasteiger partial charge in [0.2, 0.25) is 0 Å². The number of aromatic nitrogens is 3. The zero-order valence-corrected chi connectivity index (χ0v) is 9.26. The van der Waals surface area contributed by atoms with E-state index in [2.05, 4.69) is 27.1 Å². The fraction of sp³-hybridized carbons (Fsp3) is 0.500. The maximum absolute atomic E-state index is 5.61. The predicted molar refractivity (Wildman–Crippen MR) is 62.9 cm³/mol. The van der Waals surface area contributed by atoms with Gasteiger partial charge in [0.25, 0.3) is 0 Å². The third kappa shape index (κ3) is 1.50. The summed E-state index contributed by atoms with van der Waals surface area (Å²) in [6, 6.07) is 6.74. The number of nitrogens with two attached hydrogens (primary N) is 1. The minimum atomic E-state index is 0.550. The van der Waals surface area contributed by atoms with Crippen molar-refractivity contribution < 1.29 is 0 Å². The van der Waals surface area contributed by atoms with Crippen molar-refractivity contribution in [3.05, 3.63) is 23.8 Å². The highest BCUT2D eigenvalue weighted by Gasteiger charge is 2.19. The second-order valence-electron chi connectivity index (χ2n) is 4.50. The van der Waals surface area contributed by atoms with Crippen LogP contribution in [-0.4, -0.2) is 15.0 Å².